The molecule has 1 heterocycles. The molecule has 0 saturated heterocycles. The fraction of sp³-hybridized carbons (Fsp3) is 0.0909. The van der Waals surface area contributed by atoms with Crippen LogP contribution in [0.25, 0.3) is 5.69 Å². The standard InChI is InChI=1S/C11H10ClN3O2/c12-8-2-1-3-9(4-8)15-6-7(5-13)10(16)14-11(15)17/h1-4,6H,5,13H2,(H,14,16,17). The van der Waals surface area contributed by atoms with Crippen molar-refractivity contribution in [2.24, 2.45) is 5.73 Å². The van der Waals surface area contributed by atoms with Crippen LogP contribution in [0.3, 0.4) is 0 Å². The minimum atomic E-state index is -0.519. The maximum Gasteiger partial charge on any atom is 0.332 e. The Morgan fingerprint density at radius 3 is 2.76 bits per heavy atom. The zero-order valence-corrected chi connectivity index (χ0v) is 9.57. The van der Waals surface area contributed by atoms with Gasteiger partial charge in [-0.3, -0.25) is 14.3 Å². The zero-order valence-electron chi connectivity index (χ0n) is 8.81. The number of benzene rings is 1. The first kappa shape index (κ1) is 11.6. The van der Waals surface area contributed by atoms with Gasteiger partial charge in [-0.2, -0.15) is 0 Å². The second-order valence-corrected chi connectivity index (χ2v) is 3.90. The van der Waals surface area contributed by atoms with Gasteiger partial charge in [0.05, 0.1) is 5.69 Å². The quantitative estimate of drug-likeness (QED) is 0.822. The molecule has 0 bridgehead atoms. The molecule has 2 aromatic rings. The second kappa shape index (κ2) is 4.57. The van der Waals surface area contributed by atoms with E-state index in [2.05, 4.69) is 4.98 Å². The van der Waals surface area contributed by atoms with Crippen LogP contribution in [0.5, 0.6) is 0 Å². The highest BCUT2D eigenvalue weighted by Crippen LogP contribution is 2.12. The van der Waals surface area contributed by atoms with Crippen LogP contribution in [-0.4, -0.2) is 9.55 Å². The van der Waals surface area contributed by atoms with Gasteiger partial charge in [0.1, 0.15) is 0 Å². The van der Waals surface area contributed by atoms with Gasteiger partial charge in [-0.05, 0) is 18.2 Å². The average molecular weight is 252 g/mol. The molecule has 17 heavy (non-hydrogen) atoms. The smallest absolute Gasteiger partial charge is 0.326 e. The van der Waals surface area contributed by atoms with Gasteiger partial charge in [0.25, 0.3) is 5.56 Å². The Bertz CT molecular complexity index is 660. The van der Waals surface area contributed by atoms with E-state index in [0.29, 0.717) is 16.3 Å². The van der Waals surface area contributed by atoms with E-state index in [9.17, 15) is 9.59 Å². The fourth-order valence-corrected chi connectivity index (χ4v) is 1.66. The molecule has 88 valence electrons. The predicted octanol–water partition coefficient (Wildman–Crippen LogP) is 0.638. The molecule has 2 rings (SSSR count). The number of nitrogens with two attached hydrogens (primary N) is 1. The monoisotopic (exact) mass is 251 g/mol. The highest BCUT2D eigenvalue weighted by molar-refractivity contribution is 6.30. The Morgan fingerprint density at radius 1 is 1.35 bits per heavy atom. The molecular weight excluding hydrogens is 242 g/mol. The number of hydrogen-bond donors (Lipinski definition) is 2. The molecule has 0 saturated carbocycles. The predicted molar refractivity (Wildman–Crippen MR) is 65.6 cm³/mol. The van der Waals surface area contributed by atoms with Crippen LogP contribution >= 0.6 is 11.6 Å². The van der Waals surface area contributed by atoms with Crippen molar-refractivity contribution in [2.75, 3.05) is 0 Å². The van der Waals surface area contributed by atoms with Crippen molar-refractivity contribution in [3.05, 3.63) is 61.9 Å². The number of aromatic nitrogens is 2. The summed E-state index contributed by atoms with van der Waals surface area (Å²) in [5.41, 5.74) is 5.35. The number of aromatic amines is 1. The number of nitrogens with one attached hydrogen (secondary N) is 1. The summed E-state index contributed by atoms with van der Waals surface area (Å²) in [6.07, 6.45) is 1.42. The number of nitrogens with zero attached hydrogens (tertiary/aromatic N) is 1. The molecule has 5 nitrogen and oxygen atoms in total. The highest BCUT2D eigenvalue weighted by Gasteiger charge is 2.05. The molecule has 0 atom stereocenters. The summed E-state index contributed by atoms with van der Waals surface area (Å²) < 4.78 is 1.30. The largest absolute Gasteiger partial charge is 0.332 e. The molecule has 0 radical (unpaired) electrons. The van der Waals surface area contributed by atoms with Crippen molar-refractivity contribution in [1.29, 1.82) is 0 Å². The molecule has 6 heteroatoms. The van der Waals surface area contributed by atoms with Gasteiger partial charge < -0.3 is 5.73 Å². The molecule has 1 aromatic heterocycles. The molecule has 3 N–H and O–H groups in total. The maximum atomic E-state index is 11.6. The lowest BCUT2D eigenvalue weighted by Gasteiger charge is -2.06. The topological polar surface area (TPSA) is 80.9 Å². The summed E-state index contributed by atoms with van der Waals surface area (Å²) in [4.78, 5) is 25.2. The van der Waals surface area contributed by atoms with Gasteiger partial charge in [-0.1, -0.05) is 17.7 Å². The molecule has 0 spiro atoms. The van der Waals surface area contributed by atoms with E-state index < -0.39 is 11.2 Å². The Labute approximate surface area is 101 Å². The Balaban J connectivity index is 2.67. The van der Waals surface area contributed by atoms with E-state index in [1.165, 1.54) is 10.8 Å². The van der Waals surface area contributed by atoms with Gasteiger partial charge in [0.2, 0.25) is 0 Å². The fourth-order valence-electron chi connectivity index (χ4n) is 1.47. The molecule has 0 aliphatic carbocycles. The van der Waals surface area contributed by atoms with E-state index in [1.54, 1.807) is 24.3 Å². The Morgan fingerprint density at radius 2 is 2.12 bits per heavy atom. The van der Waals surface area contributed by atoms with Gasteiger partial charge >= 0.3 is 5.69 Å². The summed E-state index contributed by atoms with van der Waals surface area (Å²) >= 11 is 5.84. The molecule has 0 unspecified atom stereocenters. The lowest BCUT2D eigenvalue weighted by molar-refractivity contribution is 0.852. The molecular formula is C11H10ClN3O2. The Hall–Kier alpha value is -1.85. The van der Waals surface area contributed by atoms with Crippen LogP contribution < -0.4 is 17.0 Å². The van der Waals surface area contributed by atoms with Gasteiger partial charge in [-0.25, -0.2) is 4.79 Å². The third-order valence-electron chi connectivity index (χ3n) is 2.32. The van der Waals surface area contributed by atoms with Crippen molar-refractivity contribution in [3.63, 3.8) is 0 Å². The first-order valence-electron chi connectivity index (χ1n) is 4.92. The summed E-state index contributed by atoms with van der Waals surface area (Å²) in [5, 5.41) is 0.509. The lowest BCUT2D eigenvalue weighted by atomic mass is 10.3. The van der Waals surface area contributed by atoms with Crippen molar-refractivity contribution in [2.45, 2.75) is 6.54 Å². The third kappa shape index (κ3) is 2.30. The van der Waals surface area contributed by atoms with E-state index in [1.807, 2.05) is 0 Å². The number of H-pyrrole nitrogens is 1. The third-order valence-corrected chi connectivity index (χ3v) is 2.56. The number of halogens is 1. The van der Waals surface area contributed by atoms with Crippen molar-refractivity contribution >= 4 is 11.6 Å². The van der Waals surface area contributed by atoms with Gasteiger partial charge in [0.15, 0.2) is 0 Å². The minimum absolute atomic E-state index is 0.0657. The SMILES string of the molecule is NCc1cn(-c2cccc(Cl)c2)c(=O)[nH]c1=O. The van der Waals surface area contributed by atoms with Crippen LogP contribution in [0.15, 0.2) is 40.1 Å². The zero-order chi connectivity index (χ0) is 12.4. The van der Waals surface area contributed by atoms with E-state index in [4.69, 9.17) is 17.3 Å². The number of rotatable bonds is 2. The Kier molecular flexibility index (Phi) is 3.12. The highest BCUT2D eigenvalue weighted by atomic mass is 35.5. The molecule has 0 fully saturated rings. The van der Waals surface area contributed by atoms with Gasteiger partial charge in [0, 0.05) is 23.3 Å². The maximum absolute atomic E-state index is 11.6. The number of hydrogen-bond acceptors (Lipinski definition) is 3. The van der Waals surface area contributed by atoms with Gasteiger partial charge in [-0.15, -0.1) is 0 Å². The lowest BCUT2D eigenvalue weighted by Crippen LogP contribution is -2.31. The minimum Gasteiger partial charge on any atom is -0.326 e. The summed E-state index contributed by atoms with van der Waals surface area (Å²) in [5.74, 6) is 0. The normalized spacial score (nSPS) is 10.5. The van der Waals surface area contributed by atoms with Crippen LogP contribution in [0.2, 0.25) is 5.02 Å². The summed E-state index contributed by atoms with van der Waals surface area (Å²) in [7, 11) is 0. The van der Waals surface area contributed by atoms with E-state index >= 15 is 0 Å². The van der Waals surface area contributed by atoms with Crippen molar-refractivity contribution in [1.82, 2.24) is 9.55 Å². The summed E-state index contributed by atoms with van der Waals surface area (Å²) in [6.45, 7) is 0.0657. The van der Waals surface area contributed by atoms with E-state index in [0.717, 1.165) is 0 Å². The molecule has 0 aliphatic heterocycles. The molecule has 0 aliphatic rings. The first-order chi connectivity index (χ1) is 8.11. The summed E-state index contributed by atoms with van der Waals surface area (Å²) in [6, 6.07) is 6.76. The second-order valence-electron chi connectivity index (χ2n) is 3.47. The average Bonchev–Trinajstić information content (AvgIpc) is 2.29. The first-order valence-corrected chi connectivity index (χ1v) is 5.30. The van der Waals surface area contributed by atoms with Crippen molar-refractivity contribution in [3.8, 4) is 5.69 Å². The van der Waals surface area contributed by atoms with Crippen LogP contribution in [0, 0.1) is 0 Å². The molecule has 0 amide bonds. The van der Waals surface area contributed by atoms with Crippen LogP contribution in [-0.2, 0) is 6.54 Å². The van der Waals surface area contributed by atoms with E-state index in [-0.39, 0.29) is 6.54 Å². The van der Waals surface area contributed by atoms with Crippen LogP contribution in [0.4, 0.5) is 0 Å². The van der Waals surface area contributed by atoms with Crippen molar-refractivity contribution < 1.29 is 0 Å². The van der Waals surface area contributed by atoms with Crippen LogP contribution in [0.1, 0.15) is 5.56 Å². The molecule has 1 aromatic carbocycles.